The van der Waals surface area contributed by atoms with Crippen molar-refractivity contribution >= 4 is 11.7 Å². The minimum atomic E-state index is 0.248. The lowest BCUT2D eigenvalue weighted by molar-refractivity contribution is -0.139. The third kappa shape index (κ3) is 3.20. The Labute approximate surface area is 146 Å². The molecule has 128 valence electrons. The lowest BCUT2D eigenvalue weighted by atomic mass is 9.84. The van der Waals surface area contributed by atoms with Crippen LogP contribution in [0.1, 0.15) is 36.2 Å². The smallest absolute Gasteiger partial charge is 0.226 e. The molecule has 0 saturated heterocycles. The molecule has 0 aromatic carbocycles. The molecule has 0 atom stereocenters. The van der Waals surface area contributed by atoms with Crippen LogP contribution in [0.2, 0.25) is 0 Å². The monoisotopic (exact) mass is 336 g/mol. The molecule has 0 spiro atoms. The van der Waals surface area contributed by atoms with Crippen molar-refractivity contribution in [2.45, 2.75) is 38.9 Å². The van der Waals surface area contributed by atoms with E-state index in [0.29, 0.717) is 30.4 Å². The van der Waals surface area contributed by atoms with E-state index in [0.717, 1.165) is 37.3 Å². The molecule has 7 heteroatoms. The van der Waals surface area contributed by atoms with Crippen LogP contribution in [0, 0.1) is 17.2 Å². The second kappa shape index (κ2) is 6.55. The molecule has 1 fully saturated rings. The fraction of sp³-hybridized carbons (Fsp3) is 0.444. The quantitative estimate of drug-likeness (QED) is 0.921. The molecule has 25 heavy (non-hydrogen) atoms. The highest BCUT2D eigenvalue weighted by Gasteiger charge is 2.31. The molecule has 1 saturated carbocycles. The molecule has 4 rings (SSSR count). The van der Waals surface area contributed by atoms with E-state index in [-0.39, 0.29) is 5.92 Å². The number of nitrogens with one attached hydrogen (secondary N) is 1. The molecular weight excluding hydrogens is 316 g/mol. The molecular formula is C18H20N6O. The highest BCUT2D eigenvalue weighted by atomic mass is 16.2. The van der Waals surface area contributed by atoms with Crippen molar-refractivity contribution < 1.29 is 4.79 Å². The Balaban J connectivity index is 1.38. The molecule has 1 amide bonds. The molecule has 0 radical (unpaired) electrons. The number of rotatable bonds is 4. The van der Waals surface area contributed by atoms with Gasteiger partial charge in [0.05, 0.1) is 36.6 Å². The van der Waals surface area contributed by atoms with Gasteiger partial charge in [-0.2, -0.15) is 10.4 Å². The number of pyridine rings is 1. The summed E-state index contributed by atoms with van der Waals surface area (Å²) in [6, 6.07) is 7.62. The predicted molar refractivity (Wildman–Crippen MR) is 91.3 cm³/mol. The maximum absolute atomic E-state index is 12.4. The standard InChI is InChI=1S/C18H20N6O/c19-9-13-4-5-17(20-10-13)21-11-15-8-16-12-23(6-7-24(16)22-15)18(25)14-2-1-3-14/h4-5,8,10,14H,1-3,6-7,11-12H2,(H,20,21). The first-order valence-electron chi connectivity index (χ1n) is 8.67. The van der Waals surface area contributed by atoms with Crippen LogP contribution in [-0.2, 0) is 24.4 Å². The average molecular weight is 336 g/mol. The summed E-state index contributed by atoms with van der Waals surface area (Å²) in [4.78, 5) is 18.6. The van der Waals surface area contributed by atoms with Crippen LogP contribution in [-0.4, -0.2) is 32.1 Å². The number of carbonyl (C=O) groups excluding carboxylic acids is 1. The summed E-state index contributed by atoms with van der Waals surface area (Å²) in [5, 5.41) is 16.6. The van der Waals surface area contributed by atoms with Crippen LogP contribution in [0.4, 0.5) is 5.82 Å². The van der Waals surface area contributed by atoms with Crippen LogP contribution >= 0.6 is 0 Å². The lowest BCUT2D eigenvalue weighted by Gasteiger charge is -2.34. The van der Waals surface area contributed by atoms with E-state index in [1.54, 1.807) is 18.3 Å². The molecule has 1 N–H and O–H groups in total. The Morgan fingerprint density at radius 1 is 1.36 bits per heavy atom. The van der Waals surface area contributed by atoms with E-state index >= 15 is 0 Å². The normalized spacial score (nSPS) is 16.7. The Morgan fingerprint density at radius 3 is 2.92 bits per heavy atom. The number of hydrogen-bond donors (Lipinski definition) is 1. The minimum Gasteiger partial charge on any atom is -0.364 e. The van der Waals surface area contributed by atoms with Gasteiger partial charge >= 0.3 is 0 Å². The zero-order valence-electron chi connectivity index (χ0n) is 14.0. The van der Waals surface area contributed by atoms with Crippen LogP contribution < -0.4 is 5.32 Å². The largest absolute Gasteiger partial charge is 0.364 e. The van der Waals surface area contributed by atoms with Crippen LogP contribution in [0.25, 0.3) is 0 Å². The first-order valence-corrected chi connectivity index (χ1v) is 8.67. The number of hydrogen-bond acceptors (Lipinski definition) is 5. The third-order valence-corrected chi connectivity index (χ3v) is 4.96. The molecule has 2 aromatic heterocycles. The lowest BCUT2D eigenvalue weighted by Crippen LogP contribution is -2.43. The van der Waals surface area contributed by atoms with E-state index < -0.39 is 0 Å². The van der Waals surface area contributed by atoms with E-state index in [9.17, 15) is 4.79 Å². The predicted octanol–water partition coefficient (Wildman–Crippen LogP) is 1.90. The molecule has 1 aliphatic heterocycles. The maximum atomic E-state index is 12.4. The number of nitriles is 1. The van der Waals surface area contributed by atoms with Gasteiger partial charge in [-0.1, -0.05) is 6.42 Å². The second-order valence-corrected chi connectivity index (χ2v) is 6.64. The Morgan fingerprint density at radius 2 is 2.24 bits per heavy atom. The zero-order chi connectivity index (χ0) is 17.2. The first-order chi connectivity index (χ1) is 12.2. The topological polar surface area (TPSA) is 86.8 Å². The molecule has 1 aliphatic carbocycles. The molecule has 0 bridgehead atoms. The number of aromatic nitrogens is 3. The number of amides is 1. The van der Waals surface area contributed by atoms with Crippen molar-refractivity contribution in [3.8, 4) is 6.07 Å². The highest BCUT2D eigenvalue weighted by Crippen LogP contribution is 2.29. The maximum Gasteiger partial charge on any atom is 0.226 e. The van der Waals surface area contributed by atoms with Crippen molar-refractivity contribution in [1.29, 1.82) is 5.26 Å². The molecule has 7 nitrogen and oxygen atoms in total. The van der Waals surface area contributed by atoms with Crippen molar-refractivity contribution in [2.75, 3.05) is 11.9 Å². The van der Waals surface area contributed by atoms with Gasteiger partial charge in [0.25, 0.3) is 0 Å². The summed E-state index contributed by atoms with van der Waals surface area (Å²) in [6.45, 7) is 2.71. The van der Waals surface area contributed by atoms with E-state index in [2.05, 4.69) is 27.5 Å². The van der Waals surface area contributed by atoms with Gasteiger partial charge in [-0.3, -0.25) is 9.48 Å². The van der Waals surface area contributed by atoms with Gasteiger partial charge in [0.15, 0.2) is 0 Å². The molecule has 0 unspecified atom stereocenters. The number of anilines is 1. The van der Waals surface area contributed by atoms with E-state index in [1.807, 2.05) is 9.58 Å². The van der Waals surface area contributed by atoms with Gasteiger partial charge in [-0.25, -0.2) is 4.98 Å². The van der Waals surface area contributed by atoms with Gasteiger partial charge in [-0.05, 0) is 31.0 Å². The van der Waals surface area contributed by atoms with Crippen LogP contribution in [0.15, 0.2) is 24.4 Å². The third-order valence-electron chi connectivity index (χ3n) is 4.96. The van der Waals surface area contributed by atoms with E-state index in [1.165, 1.54) is 6.42 Å². The summed E-state index contributed by atoms with van der Waals surface area (Å²) in [5.74, 6) is 1.27. The SMILES string of the molecule is N#Cc1ccc(NCc2cc3n(n2)CCN(C(=O)C2CCC2)C3)nc1. The fourth-order valence-electron chi connectivity index (χ4n) is 3.26. The fourth-order valence-corrected chi connectivity index (χ4v) is 3.26. The minimum absolute atomic E-state index is 0.248. The summed E-state index contributed by atoms with van der Waals surface area (Å²) in [6.07, 6.45) is 4.81. The van der Waals surface area contributed by atoms with E-state index in [4.69, 9.17) is 5.26 Å². The Bertz CT molecular complexity index is 815. The van der Waals surface area contributed by atoms with Gasteiger partial charge < -0.3 is 10.2 Å². The van der Waals surface area contributed by atoms with Crippen molar-refractivity contribution in [2.24, 2.45) is 5.92 Å². The summed E-state index contributed by atoms with van der Waals surface area (Å²) >= 11 is 0. The Kier molecular flexibility index (Phi) is 4.10. The van der Waals surface area contributed by atoms with Crippen molar-refractivity contribution in [3.05, 3.63) is 41.3 Å². The summed E-state index contributed by atoms with van der Waals surface area (Å²) < 4.78 is 1.99. The second-order valence-electron chi connectivity index (χ2n) is 6.64. The Hall–Kier alpha value is -2.88. The molecule has 2 aliphatic rings. The number of fused-ring (bicyclic) bond motifs is 1. The van der Waals surface area contributed by atoms with Crippen LogP contribution in [0.3, 0.4) is 0 Å². The molecule has 3 heterocycles. The average Bonchev–Trinajstić information content (AvgIpc) is 3.01. The first kappa shape index (κ1) is 15.6. The van der Waals surface area contributed by atoms with Crippen molar-refractivity contribution in [3.63, 3.8) is 0 Å². The zero-order valence-corrected chi connectivity index (χ0v) is 14.0. The number of nitrogens with zero attached hydrogens (tertiary/aromatic N) is 5. The van der Waals surface area contributed by atoms with Gasteiger partial charge in [-0.15, -0.1) is 0 Å². The van der Waals surface area contributed by atoms with Crippen molar-refractivity contribution in [1.82, 2.24) is 19.7 Å². The highest BCUT2D eigenvalue weighted by molar-refractivity contribution is 5.79. The number of carbonyl (C=O) groups is 1. The summed E-state index contributed by atoms with van der Waals surface area (Å²) in [5.41, 5.74) is 2.56. The summed E-state index contributed by atoms with van der Waals surface area (Å²) in [7, 11) is 0. The van der Waals surface area contributed by atoms with Gasteiger partial charge in [0.1, 0.15) is 11.9 Å². The van der Waals surface area contributed by atoms with Gasteiger partial charge in [0.2, 0.25) is 5.91 Å². The molecule has 2 aromatic rings. The van der Waals surface area contributed by atoms with Crippen LogP contribution in [0.5, 0.6) is 0 Å². The van der Waals surface area contributed by atoms with Gasteiger partial charge in [0, 0.05) is 18.7 Å².